The van der Waals surface area contributed by atoms with E-state index in [4.69, 9.17) is 19.4 Å². The Morgan fingerprint density at radius 1 is 0.582 bits per heavy atom. The second-order valence-corrected chi connectivity index (χ2v) is 16.1. The average Bonchev–Trinajstić information content (AvgIpc) is 3.56. The number of aryl methyl sites for hydroxylation is 3. The number of hydrogen-bond acceptors (Lipinski definition) is 4. The number of imidazole rings is 1. The zero-order chi connectivity index (χ0) is 37.6. The summed E-state index contributed by atoms with van der Waals surface area (Å²) in [6.45, 7) is 13.1. The van der Waals surface area contributed by atoms with Crippen molar-refractivity contribution in [3.8, 4) is 62.5 Å². The molecule has 6 aromatic carbocycles. The molecule has 0 N–H and O–H groups in total. The molecule has 0 saturated heterocycles. The molecule has 0 aliphatic carbocycles. The van der Waals surface area contributed by atoms with Crippen molar-refractivity contribution in [1.82, 2.24) is 14.5 Å². The fraction of sp³-hybridized carbons (Fsp3) is 0.143. The normalized spacial score (nSPS) is 12.8. The van der Waals surface area contributed by atoms with Gasteiger partial charge in [0, 0.05) is 22.8 Å². The lowest BCUT2D eigenvalue weighted by atomic mass is 9.34. The molecule has 55 heavy (non-hydrogen) atoms. The van der Waals surface area contributed by atoms with Crippen LogP contribution >= 0.6 is 0 Å². The molecule has 8 aromatic rings. The molecule has 2 aliphatic rings. The lowest BCUT2D eigenvalue weighted by Gasteiger charge is -2.35. The van der Waals surface area contributed by atoms with Crippen LogP contribution < -0.4 is 25.9 Å². The molecule has 0 unspecified atom stereocenters. The van der Waals surface area contributed by atoms with Gasteiger partial charge in [0.1, 0.15) is 28.8 Å². The monoisotopic (exact) mass is 713 g/mol. The molecule has 0 atom stereocenters. The summed E-state index contributed by atoms with van der Waals surface area (Å²) in [5.74, 6) is 4.26. The van der Waals surface area contributed by atoms with Crippen LogP contribution in [-0.2, 0) is 5.41 Å². The van der Waals surface area contributed by atoms with E-state index >= 15 is 0 Å². The van der Waals surface area contributed by atoms with Gasteiger partial charge in [-0.2, -0.15) is 0 Å². The lowest BCUT2D eigenvalue weighted by Crippen LogP contribution is -2.57. The maximum absolute atomic E-state index is 6.84. The molecule has 0 fully saturated rings. The van der Waals surface area contributed by atoms with Gasteiger partial charge in [-0.15, -0.1) is 0 Å². The summed E-state index contributed by atoms with van der Waals surface area (Å²) < 4.78 is 16.0. The Hall–Kier alpha value is -6.40. The molecule has 4 heterocycles. The zero-order valence-electron chi connectivity index (χ0n) is 31.9. The SMILES string of the molecule is Cc1cc(C)c(-n2c(-c3ccc4c(c3)B3c5cc(-c6ccc(-c7ccccc7)cn6)ccc5Oc5cc(C(C)(C)C)cc(c53)O4)nc3ccccc32)c(C)c1. The van der Waals surface area contributed by atoms with E-state index in [9.17, 15) is 0 Å². The fourth-order valence-electron chi connectivity index (χ4n) is 8.57. The van der Waals surface area contributed by atoms with Crippen molar-refractivity contribution in [2.45, 2.75) is 47.0 Å². The third-order valence-corrected chi connectivity index (χ3v) is 11.2. The third kappa shape index (κ3) is 5.46. The molecule has 2 aliphatic heterocycles. The maximum atomic E-state index is 6.84. The van der Waals surface area contributed by atoms with Crippen LogP contribution in [0.5, 0.6) is 23.0 Å². The average molecular weight is 714 g/mol. The number of ether oxygens (including phenoxy) is 2. The minimum absolute atomic E-state index is 0.0923. The van der Waals surface area contributed by atoms with Gasteiger partial charge < -0.3 is 9.47 Å². The van der Waals surface area contributed by atoms with E-state index in [1.807, 2.05) is 12.3 Å². The molecular formula is C49H40BN3O2. The van der Waals surface area contributed by atoms with Crippen LogP contribution in [0.4, 0.5) is 0 Å². The van der Waals surface area contributed by atoms with Crippen molar-refractivity contribution < 1.29 is 9.47 Å². The van der Waals surface area contributed by atoms with Crippen LogP contribution in [-0.4, -0.2) is 21.2 Å². The van der Waals surface area contributed by atoms with Crippen LogP contribution in [0.15, 0.2) is 134 Å². The highest BCUT2D eigenvalue weighted by atomic mass is 16.5. The Labute approximate surface area is 322 Å². The smallest absolute Gasteiger partial charge is 0.260 e. The summed E-state index contributed by atoms with van der Waals surface area (Å²) in [6.07, 6.45) is 1.96. The summed E-state index contributed by atoms with van der Waals surface area (Å²) in [6, 6.07) is 45.0. The minimum atomic E-state index is -0.129. The first-order chi connectivity index (χ1) is 26.6. The van der Waals surface area contributed by atoms with Gasteiger partial charge in [-0.1, -0.05) is 99.1 Å². The summed E-state index contributed by atoms with van der Waals surface area (Å²) in [5, 5.41) is 0. The number of hydrogen-bond donors (Lipinski definition) is 0. The maximum Gasteiger partial charge on any atom is 0.260 e. The van der Waals surface area contributed by atoms with Gasteiger partial charge in [0.05, 0.1) is 22.4 Å². The van der Waals surface area contributed by atoms with Crippen LogP contribution in [0.1, 0.15) is 43.0 Å². The van der Waals surface area contributed by atoms with E-state index in [2.05, 4.69) is 167 Å². The molecule has 0 amide bonds. The van der Waals surface area contributed by atoms with E-state index in [-0.39, 0.29) is 12.1 Å². The Morgan fingerprint density at radius 3 is 1.85 bits per heavy atom. The number of fused-ring (bicyclic) bond motifs is 5. The van der Waals surface area contributed by atoms with Crippen molar-refractivity contribution in [3.63, 3.8) is 0 Å². The highest BCUT2D eigenvalue weighted by Gasteiger charge is 2.41. The topological polar surface area (TPSA) is 49.2 Å². The zero-order valence-corrected chi connectivity index (χ0v) is 31.9. The number of benzene rings is 6. The molecule has 0 saturated carbocycles. The first-order valence-corrected chi connectivity index (χ1v) is 19.0. The largest absolute Gasteiger partial charge is 0.458 e. The van der Waals surface area contributed by atoms with Crippen molar-refractivity contribution >= 4 is 34.1 Å². The van der Waals surface area contributed by atoms with Gasteiger partial charge >= 0.3 is 0 Å². The molecule has 0 radical (unpaired) electrons. The number of pyridine rings is 1. The second kappa shape index (κ2) is 12.3. The van der Waals surface area contributed by atoms with Gasteiger partial charge in [0.2, 0.25) is 0 Å². The summed E-state index contributed by atoms with van der Waals surface area (Å²) >= 11 is 0. The van der Waals surface area contributed by atoms with Gasteiger partial charge in [-0.25, -0.2) is 4.98 Å². The molecule has 2 aromatic heterocycles. The molecule has 10 rings (SSSR count). The van der Waals surface area contributed by atoms with E-state index < -0.39 is 0 Å². The lowest BCUT2D eigenvalue weighted by molar-refractivity contribution is 0.458. The molecule has 0 spiro atoms. The van der Waals surface area contributed by atoms with Gasteiger partial charge in [-0.3, -0.25) is 9.55 Å². The summed E-state index contributed by atoms with van der Waals surface area (Å²) in [5.41, 5.74) is 16.4. The first-order valence-electron chi connectivity index (χ1n) is 19.0. The predicted octanol–water partition coefficient (Wildman–Crippen LogP) is 10.4. The van der Waals surface area contributed by atoms with Gasteiger partial charge in [0.15, 0.2) is 0 Å². The molecule has 6 heteroatoms. The van der Waals surface area contributed by atoms with E-state index in [1.54, 1.807) is 0 Å². The van der Waals surface area contributed by atoms with Gasteiger partial charge in [-0.05, 0) is 120 Å². The molecular weight excluding hydrogens is 673 g/mol. The molecule has 5 nitrogen and oxygen atoms in total. The first kappa shape index (κ1) is 33.2. The van der Waals surface area contributed by atoms with Crippen molar-refractivity contribution in [2.24, 2.45) is 0 Å². The second-order valence-electron chi connectivity index (χ2n) is 16.1. The number of para-hydroxylation sites is 2. The highest BCUT2D eigenvalue weighted by molar-refractivity contribution is 6.98. The summed E-state index contributed by atoms with van der Waals surface area (Å²) in [7, 11) is 0. The van der Waals surface area contributed by atoms with E-state index in [0.29, 0.717) is 0 Å². The van der Waals surface area contributed by atoms with Crippen LogP contribution in [0.25, 0.3) is 50.5 Å². The van der Waals surface area contributed by atoms with Crippen molar-refractivity contribution in [3.05, 3.63) is 156 Å². The Bertz CT molecular complexity index is 2790. The minimum Gasteiger partial charge on any atom is -0.458 e. The fourth-order valence-corrected chi connectivity index (χ4v) is 8.57. The predicted molar refractivity (Wildman–Crippen MR) is 226 cm³/mol. The Morgan fingerprint density at radius 2 is 1.20 bits per heavy atom. The molecule has 266 valence electrons. The van der Waals surface area contributed by atoms with Crippen LogP contribution in [0.2, 0.25) is 0 Å². The van der Waals surface area contributed by atoms with Crippen LogP contribution in [0, 0.1) is 20.8 Å². The van der Waals surface area contributed by atoms with Crippen molar-refractivity contribution in [1.29, 1.82) is 0 Å². The van der Waals surface area contributed by atoms with Crippen molar-refractivity contribution in [2.75, 3.05) is 0 Å². The quantitative estimate of drug-likeness (QED) is 0.170. The molecule has 0 bridgehead atoms. The standard InChI is InChI=1S/C49H40BN3O2/c1-29-22-30(2)47(31(3)23-29)53-41-15-11-10-14-40(41)52-48(53)34-18-21-43-38(25-34)50-37-24-33(39-19-16-35(28-51-39)32-12-8-7-9-13-32)17-20-42(37)54-44-26-36(49(4,5)6)27-45(55-43)46(44)50/h7-28H,1-6H3. The summed E-state index contributed by atoms with van der Waals surface area (Å²) in [4.78, 5) is 10.2. The van der Waals surface area contributed by atoms with Gasteiger partial charge in [0.25, 0.3) is 6.71 Å². The Kier molecular flexibility index (Phi) is 7.44. The number of rotatable bonds is 4. The highest BCUT2D eigenvalue weighted by Crippen LogP contribution is 2.40. The number of nitrogens with zero attached hydrogens (tertiary/aromatic N) is 3. The number of aromatic nitrogens is 3. The van der Waals surface area contributed by atoms with Crippen LogP contribution in [0.3, 0.4) is 0 Å². The Balaban J connectivity index is 1.16. The van der Waals surface area contributed by atoms with E-state index in [1.165, 1.54) is 22.3 Å². The third-order valence-electron chi connectivity index (χ3n) is 11.2. The van der Waals surface area contributed by atoms with E-state index in [0.717, 1.165) is 89.9 Å².